The Labute approximate surface area is 203 Å². The lowest BCUT2D eigenvalue weighted by molar-refractivity contribution is -0.126. The molecule has 186 valence electrons. The quantitative estimate of drug-likeness (QED) is 0.626. The maximum absolute atomic E-state index is 13.6. The number of oxime groups is 1. The number of nitrogens with zero attached hydrogens (tertiary/aromatic N) is 3. The molecule has 1 aliphatic heterocycles. The summed E-state index contributed by atoms with van der Waals surface area (Å²) < 4.78 is 18.6. The lowest BCUT2D eigenvalue weighted by Crippen LogP contribution is -2.33. The molecule has 1 atom stereocenters. The maximum atomic E-state index is 13.6. The number of methoxy groups -OCH3 is 1. The molecule has 35 heavy (non-hydrogen) atoms. The van der Waals surface area contributed by atoms with Crippen LogP contribution in [0.1, 0.15) is 59.7 Å². The van der Waals surface area contributed by atoms with Crippen LogP contribution in [0.2, 0.25) is 0 Å². The van der Waals surface area contributed by atoms with Crippen LogP contribution in [0.3, 0.4) is 0 Å². The summed E-state index contributed by atoms with van der Waals surface area (Å²) in [6, 6.07) is 6.04. The minimum atomic E-state index is -0.462. The number of ether oxygens (including phenoxy) is 1. The fourth-order valence-corrected chi connectivity index (χ4v) is 4.68. The highest BCUT2D eigenvalue weighted by molar-refractivity contribution is 6.02. The lowest BCUT2D eigenvalue weighted by Gasteiger charge is -2.29. The van der Waals surface area contributed by atoms with E-state index in [2.05, 4.69) is 25.8 Å². The smallest absolute Gasteiger partial charge is 0.270 e. The van der Waals surface area contributed by atoms with Crippen LogP contribution in [0.25, 0.3) is 0 Å². The third-order valence-electron chi connectivity index (χ3n) is 6.64. The van der Waals surface area contributed by atoms with Crippen molar-refractivity contribution in [3.8, 4) is 5.75 Å². The molecule has 1 saturated carbocycles. The second-order valence-electron chi connectivity index (χ2n) is 8.95. The third kappa shape index (κ3) is 5.75. The van der Waals surface area contributed by atoms with Crippen LogP contribution < -0.4 is 15.4 Å². The molecule has 0 radical (unpaired) electrons. The molecule has 1 fully saturated rings. The average molecular weight is 484 g/mol. The zero-order chi connectivity index (χ0) is 24.9. The van der Waals surface area contributed by atoms with E-state index in [1.807, 2.05) is 0 Å². The van der Waals surface area contributed by atoms with Crippen LogP contribution in [0.5, 0.6) is 5.75 Å². The molecule has 2 N–H and O–H groups in total. The Morgan fingerprint density at radius 1 is 1.17 bits per heavy atom. The topological polar surface area (TPSA) is 115 Å². The van der Waals surface area contributed by atoms with Crippen molar-refractivity contribution in [2.45, 2.75) is 51.7 Å². The van der Waals surface area contributed by atoms with Gasteiger partial charge in [0.25, 0.3) is 5.91 Å². The Morgan fingerprint density at radius 3 is 2.66 bits per heavy atom. The molecule has 9 nitrogen and oxygen atoms in total. The second kappa shape index (κ2) is 10.8. The summed E-state index contributed by atoms with van der Waals surface area (Å²) in [6.45, 7) is 1.91. The summed E-state index contributed by atoms with van der Waals surface area (Å²) in [6.07, 6.45) is 4.05. The highest BCUT2D eigenvalue weighted by Crippen LogP contribution is 2.35. The Balaban J connectivity index is 1.37. The number of carbonyl (C=O) groups excluding carboxylic acids is 2. The first-order chi connectivity index (χ1) is 16.9. The molecule has 2 amide bonds. The van der Waals surface area contributed by atoms with E-state index in [9.17, 15) is 14.0 Å². The summed E-state index contributed by atoms with van der Waals surface area (Å²) in [5, 5.41) is 9.79. The van der Waals surface area contributed by atoms with E-state index in [1.54, 1.807) is 32.2 Å². The van der Waals surface area contributed by atoms with Crippen molar-refractivity contribution in [2.24, 2.45) is 17.0 Å². The highest BCUT2D eigenvalue weighted by Gasteiger charge is 2.35. The van der Waals surface area contributed by atoms with Gasteiger partial charge < -0.3 is 20.2 Å². The minimum absolute atomic E-state index is 0.0587. The normalized spacial score (nSPS) is 21.6. The zero-order valence-electron chi connectivity index (χ0n) is 20.1. The van der Waals surface area contributed by atoms with Gasteiger partial charge in [0.1, 0.15) is 23.3 Å². The van der Waals surface area contributed by atoms with Crippen LogP contribution >= 0.6 is 0 Å². The first kappa shape index (κ1) is 24.6. The molecule has 4 rings (SSSR count). The van der Waals surface area contributed by atoms with E-state index >= 15 is 0 Å². The van der Waals surface area contributed by atoms with Crippen molar-refractivity contribution in [1.82, 2.24) is 20.6 Å². The summed E-state index contributed by atoms with van der Waals surface area (Å²) in [4.78, 5) is 39.1. The Bertz CT molecular complexity index is 1130. The first-order valence-electron chi connectivity index (χ1n) is 11.8. The average Bonchev–Trinajstić information content (AvgIpc) is 3.38. The van der Waals surface area contributed by atoms with Gasteiger partial charge in [-0.25, -0.2) is 14.4 Å². The summed E-state index contributed by atoms with van der Waals surface area (Å²) in [5.41, 5.74) is 2.17. The molecule has 1 unspecified atom stereocenters. The Morgan fingerprint density at radius 2 is 1.94 bits per heavy atom. The van der Waals surface area contributed by atoms with Crippen molar-refractivity contribution in [3.05, 3.63) is 52.9 Å². The predicted octanol–water partition coefficient (Wildman–Crippen LogP) is 2.91. The fourth-order valence-electron chi connectivity index (χ4n) is 4.68. The molecule has 0 spiro atoms. The van der Waals surface area contributed by atoms with Gasteiger partial charge in [0.05, 0.1) is 12.8 Å². The predicted molar refractivity (Wildman–Crippen MR) is 126 cm³/mol. The van der Waals surface area contributed by atoms with Crippen molar-refractivity contribution in [2.75, 3.05) is 14.2 Å². The van der Waals surface area contributed by atoms with Crippen LogP contribution in [0.4, 0.5) is 4.39 Å². The molecule has 1 aliphatic carbocycles. The molecule has 1 aromatic carbocycles. The maximum Gasteiger partial charge on any atom is 0.270 e. The number of hydrogen-bond donors (Lipinski definition) is 2. The largest absolute Gasteiger partial charge is 0.494 e. The van der Waals surface area contributed by atoms with Gasteiger partial charge in [0.2, 0.25) is 5.91 Å². The summed E-state index contributed by atoms with van der Waals surface area (Å²) in [7, 11) is 3.06. The molecule has 2 aromatic rings. The van der Waals surface area contributed by atoms with Crippen LogP contribution in [0.15, 0.2) is 29.4 Å². The van der Waals surface area contributed by atoms with E-state index in [-0.39, 0.29) is 41.8 Å². The molecule has 2 heterocycles. The third-order valence-corrected chi connectivity index (χ3v) is 6.64. The van der Waals surface area contributed by atoms with Gasteiger partial charge in [-0.15, -0.1) is 0 Å². The SMILES string of the molecule is CNC(=O)[C@H]1CC[C@H](C2CC(c3cc(C(=O)NCc4ccc(F)c(OC)c4)nc(C)n3)=NO2)CC1. The van der Waals surface area contributed by atoms with E-state index in [1.165, 1.54) is 13.2 Å². The monoisotopic (exact) mass is 483 g/mol. The van der Waals surface area contributed by atoms with E-state index in [0.717, 1.165) is 25.7 Å². The number of carbonyl (C=O) groups is 2. The van der Waals surface area contributed by atoms with Crippen molar-refractivity contribution in [1.29, 1.82) is 0 Å². The van der Waals surface area contributed by atoms with E-state index in [4.69, 9.17) is 9.57 Å². The highest BCUT2D eigenvalue weighted by atomic mass is 19.1. The Kier molecular flexibility index (Phi) is 7.57. The zero-order valence-corrected chi connectivity index (χ0v) is 20.1. The summed E-state index contributed by atoms with van der Waals surface area (Å²) in [5.74, 6) is 0.240. The van der Waals surface area contributed by atoms with Crippen molar-refractivity contribution >= 4 is 17.5 Å². The number of benzene rings is 1. The van der Waals surface area contributed by atoms with Crippen LogP contribution in [-0.4, -0.2) is 47.8 Å². The van der Waals surface area contributed by atoms with Crippen LogP contribution in [0, 0.1) is 24.6 Å². The van der Waals surface area contributed by atoms with Crippen LogP contribution in [-0.2, 0) is 16.2 Å². The molecule has 1 aromatic heterocycles. The number of nitrogens with one attached hydrogen (secondary N) is 2. The van der Waals surface area contributed by atoms with Gasteiger partial charge >= 0.3 is 0 Å². The van der Waals surface area contributed by atoms with Gasteiger partial charge in [0.15, 0.2) is 11.6 Å². The van der Waals surface area contributed by atoms with Gasteiger partial charge in [-0.1, -0.05) is 11.2 Å². The van der Waals surface area contributed by atoms with Gasteiger partial charge in [-0.05, 0) is 62.3 Å². The number of aryl methyl sites for hydroxylation is 1. The first-order valence-corrected chi connectivity index (χ1v) is 11.8. The van der Waals surface area contributed by atoms with Gasteiger partial charge in [0, 0.05) is 25.9 Å². The van der Waals surface area contributed by atoms with Gasteiger partial charge in [-0.2, -0.15) is 0 Å². The molecule has 0 bridgehead atoms. The molecule has 0 saturated heterocycles. The number of aromatic nitrogens is 2. The van der Waals surface area contributed by atoms with E-state index in [0.29, 0.717) is 35.1 Å². The standard InChI is InChI=1S/C25H30FN5O4/c1-14-29-19(20-12-22(35-31-20)16-5-7-17(8-6-16)24(32)27-2)11-21(30-14)25(33)28-13-15-4-9-18(26)23(10-15)34-3/h4,9-11,16-17,22H,5-8,12-13H2,1-3H3,(H,27,32)(H,28,33)/t16-,17-,22?. The second-order valence-corrected chi connectivity index (χ2v) is 8.95. The van der Waals surface area contributed by atoms with Gasteiger partial charge in [-0.3, -0.25) is 9.59 Å². The van der Waals surface area contributed by atoms with E-state index < -0.39 is 5.82 Å². The Hall–Kier alpha value is -3.56. The summed E-state index contributed by atoms with van der Waals surface area (Å²) >= 11 is 0. The number of rotatable bonds is 7. The molecule has 10 heteroatoms. The minimum Gasteiger partial charge on any atom is -0.494 e. The fraction of sp³-hybridized carbons (Fsp3) is 0.480. The lowest BCUT2D eigenvalue weighted by atomic mass is 9.78. The van der Waals surface area contributed by atoms with Crippen molar-refractivity contribution < 1.29 is 23.6 Å². The molecular weight excluding hydrogens is 453 g/mol. The molecule has 2 aliphatic rings. The number of amides is 2. The van der Waals surface area contributed by atoms with Crippen molar-refractivity contribution in [3.63, 3.8) is 0 Å². The molecular formula is C25H30FN5O4. The number of hydrogen-bond acceptors (Lipinski definition) is 7. The number of halogens is 1.